The van der Waals surface area contributed by atoms with Gasteiger partial charge in [0, 0.05) is 35.3 Å². The van der Waals surface area contributed by atoms with Crippen molar-refractivity contribution < 1.29 is 18.7 Å². The molecule has 0 amide bonds. The van der Waals surface area contributed by atoms with Gasteiger partial charge in [0.2, 0.25) is 0 Å². The second-order valence-electron chi connectivity index (χ2n) is 8.56. The van der Waals surface area contributed by atoms with Gasteiger partial charge in [0.05, 0.1) is 36.3 Å². The van der Waals surface area contributed by atoms with Crippen molar-refractivity contribution in [3.8, 4) is 17.2 Å². The van der Waals surface area contributed by atoms with E-state index in [-0.39, 0.29) is 5.82 Å². The molecule has 0 aliphatic carbocycles. The molecular weight excluding hydrogens is 467 g/mol. The molecule has 1 spiro atoms. The summed E-state index contributed by atoms with van der Waals surface area (Å²) in [6.45, 7) is 2.78. The smallest absolute Gasteiger partial charge is 0.187 e. The van der Waals surface area contributed by atoms with Crippen molar-refractivity contribution in [1.82, 2.24) is 14.5 Å². The van der Waals surface area contributed by atoms with Crippen LogP contribution in [-0.2, 0) is 10.4 Å². The molecule has 3 aliphatic heterocycles. The molecule has 1 unspecified atom stereocenters. The largest absolute Gasteiger partial charge is 0.495 e. The minimum Gasteiger partial charge on any atom is -0.495 e. The van der Waals surface area contributed by atoms with Gasteiger partial charge in [-0.25, -0.2) is 9.37 Å². The molecule has 0 fully saturated rings. The van der Waals surface area contributed by atoms with Crippen LogP contribution in [0.25, 0.3) is 5.69 Å². The molecule has 3 aliphatic rings. The van der Waals surface area contributed by atoms with Crippen LogP contribution in [0.5, 0.6) is 11.5 Å². The van der Waals surface area contributed by atoms with Crippen molar-refractivity contribution >= 4 is 17.6 Å². The Labute approximate surface area is 206 Å². The number of allylic oxidation sites excluding steroid dienone is 2. The van der Waals surface area contributed by atoms with Crippen molar-refractivity contribution in [3.63, 3.8) is 0 Å². The number of imidazole rings is 1. The summed E-state index contributed by atoms with van der Waals surface area (Å²) in [6.07, 6.45) is 10.5. The fourth-order valence-electron chi connectivity index (χ4n) is 4.74. The number of oxime groups is 1. The number of ether oxygens (including phenoxy) is 2. The first-order valence-corrected chi connectivity index (χ1v) is 12.1. The summed E-state index contributed by atoms with van der Waals surface area (Å²) in [7, 11) is 1.66. The van der Waals surface area contributed by atoms with Gasteiger partial charge in [0.25, 0.3) is 0 Å². The minimum absolute atomic E-state index is 0.319. The van der Waals surface area contributed by atoms with Crippen LogP contribution >= 0.6 is 11.8 Å². The number of methoxy groups -OCH3 is 1. The van der Waals surface area contributed by atoms with Crippen molar-refractivity contribution in [2.24, 2.45) is 5.16 Å². The van der Waals surface area contributed by atoms with Crippen LogP contribution in [0, 0.1) is 12.7 Å². The molecular formula is C26H23FN4O3S. The topological polar surface area (TPSA) is 61.1 Å². The molecule has 0 saturated carbocycles. The quantitative estimate of drug-likeness (QED) is 0.504. The fraction of sp³-hybridized carbons (Fsp3) is 0.231. The zero-order valence-electron chi connectivity index (χ0n) is 19.3. The molecule has 0 saturated heterocycles. The van der Waals surface area contributed by atoms with E-state index in [4.69, 9.17) is 14.3 Å². The number of aryl methyl sites for hydroxylation is 1. The van der Waals surface area contributed by atoms with Gasteiger partial charge in [-0.05, 0) is 49.4 Å². The van der Waals surface area contributed by atoms with E-state index in [1.165, 1.54) is 12.1 Å². The van der Waals surface area contributed by atoms with Gasteiger partial charge in [-0.1, -0.05) is 16.9 Å². The van der Waals surface area contributed by atoms with E-state index in [0.29, 0.717) is 31.2 Å². The molecule has 9 heteroatoms. The molecule has 4 heterocycles. The standard InChI is InChI=1S/C26H23FN4O3S/c1-17-14-30(16-28-17)21-8-6-19(13-23(21)32-2)35-24-4-3-10-31-25(24)29-34-15-26(31)9-11-33-22-12-18(27)5-7-20(22)26/h3-8,10,12-14,16H,9,11,15H2,1-2H3. The van der Waals surface area contributed by atoms with Crippen LogP contribution in [0.1, 0.15) is 17.7 Å². The van der Waals surface area contributed by atoms with Gasteiger partial charge in [-0.2, -0.15) is 0 Å². The number of fused-ring (bicyclic) bond motifs is 4. The van der Waals surface area contributed by atoms with Crippen molar-refractivity contribution in [1.29, 1.82) is 0 Å². The van der Waals surface area contributed by atoms with E-state index >= 15 is 0 Å². The van der Waals surface area contributed by atoms with Crippen molar-refractivity contribution in [3.05, 3.63) is 89.3 Å². The summed E-state index contributed by atoms with van der Waals surface area (Å²) in [6, 6.07) is 10.8. The molecule has 7 nitrogen and oxygen atoms in total. The number of halogens is 1. The molecule has 3 aromatic rings. The first-order chi connectivity index (χ1) is 17.1. The highest BCUT2D eigenvalue weighted by atomic mass is 32.2. The average molecular weight is 491 g/mol. The van der Waals surface area contributed by atoms with Gasteiger partial charge in [0.15, 0.2) is 5.84 Å². The second-order valence-corrected chi connectivity index (χ2v) is 9.67. The predicted molar refractivity (Wildman–Crippen MR) is 131 cm³/mol. The third kappa shape index (κ3) is 3.67. The number of rotatable bonds is 4. The lowest BCUT2D eigenvalue weighted by Crippen LogP contribution is -2.55. The Hall–Kier alpha value is -3.72. The number of nitrogens with zero attached hydrogens (tertiary/aromatic N) is 4. The van der Waals surface area contributed by atoms with Gasteiger partial charge >= 0.3 is 0 Å². The van der Waals surface area contributed by atoms with E-state index in [0.717, 1.165) is 32.5 Å². The van der Waals surface area contributed by atoms with Gasteiger partial charge in [-0.3, -0.25) is 0 Å². The fourth-order valence-corrected chi connectivity index (χ4v) is 5.67. The Balaban J connectivity index is 1.32. The van der Waals surface area contributed by atoms with Crippen LogP contribution in [0.15, 0.2) is 82.2 Å². The van der Waals surface area contributed by atoms with E-state index in [1.807, 2.05) is 54.2 Å². The predicted octanol–water partition coefficient (Wildman–Crippen LogP) is 5.16. The van der Waals surface area contributed by atoms with Crippen LogP contribution in [0.3, 0.4) is 0 Å². The van der Waals surface area contributed by atoms with Crippen LogP contribution < -0.4 is 9.47 Å². The maximum Gasteiger partial charge on any atom is 0.187 e. The van der Waals surface area contributed by atoms with Gasteiger partial charge in [0.1, 0.15) is 29.5 Å². The number of aromatic nitrogens is 2. The Kier molecular flexibility index (Phi) is 5.29. The maximum absolute atomic E-state index is 13.9. The third-order valence-electron chi connectivity index (χ3n) is 6.43. The lowest BCUT2D eigenvalue weighted by atomic mass is 9.82. The Bertz CT molecular complexity index is 1400. The zero-order valence-corrected chi connectivity index (χ0v) is 20.1. The van der Waals surface area contributed by atoms with E-state index in [2.05, 4.69) is 15.0 Å². The normalized spacial score (nSPS) is 20.4. The molecule has 0 radical (unpaired) electrons. The number of thioether (sulfide) groups is 1. The zero-order chi connectivity index (χ0) is 24.0. The summed E-state index contributed by atoms with van der Waals surface area (Å²) in [5.41, 5.74) is 2.23. The van der Waals surface area contributed by atoms with E-state index in [1.54, 1.807) is 31.3 Å². The summed E-state index contributed by atoms with van der Waals surface area (Å²) in [5.74, 6) is 1.69. The number of hydrogen-bond acceptors (Lipinski definition) is 7. The van der Waals surface area contributed by atoms with E-state index < -0.39 is 5.54 Å². The molecule has 0 N–H and O–H groups in total. The Morgan fingerprint density at radius 2 is 2.11 bits per heavy atom. The molecule has 35 heavy (non-hydrogen) atoms. The minimum atomic E-state index is -0.518. The number of benzene rings is 2. The summed E-state index contributed by atoms with van der Waals surface area (Å²) in [4.78, 5) is 14.2. The first-order valence-electron chi connectivity index (χ1n) is 11.3. The molecule has 1 aromatic heterocycles. The van der Waals surface area contributed by atoms with E-state index in [9.17, 15) is 4.39 Å². The highest BCUT2D eigenvalue weighted by Gasteiger charge is 2.48. The second kappa shape index (κ2) is 8.49. The Morgan fingerprint density at radius 1 is 1.20 bits per heavy atom. The molecule has 2 aromatic carbocycles. The third-order valence-corrected chi connectivity index (χ3v) is 7.46. The summed E-state index contributed by atoms with van der Waals surface area (Å²) < 4.78 is 27.3. The van der Waals surface area contributed by atoms with Gasteiger partial charge < -0.3 is 23.8 Å². The van der Waals surface area contributed by atoms with Crippen molar-refractivity contribution in [2.75, 3.05) is 20.3 Å². The highest BCUT2D eigenvalue weighted by Crippen LogP contribution is 2.47. The van der Waals surface area contributed by atoms with Crippen molar-refractivity contribution in [2.45, 2.75) is 23.8 Å². The van der Waals surface area contributed by atoms with Crippen LogP contribution in [-0.4, -0.2) is 40.6 Å². The number of hydrogen-bond donors (Lipinski definition) is 0. The first kappa shape index (κ1) is 21.8. The summed E-state index contributed by atoms with van der Waals surface area (Å²) >= 11 is 1.58. The lowest BCUT2D eigenvalue weighted by Gasteiger charge is -2.48. The summed E-state index contributed by atoms with van der Waals surface area (Å²) in [5, 5.41) is 4.42. The molecule has 6 rings (SSSR count). The van der Waals surface area contributed by atoms with Gasteiger partial charge in [-0.15, -0.1) is 0 Å². The SMILES string of the molecule is COc1cc(SC2=CC=CN3C2=NOCC32CCOc3cc(F)ccc32)ccc1-n1cnc(C)c1. The monoisotopic (exact) mass is 490 g/mol. The average Bonchev–Trinajstić information content (AvgIpc) is 3.30. The van der Waals surface area contributed by atoms with Crippen LogP contribution in [0.4, 0.5) is 4.39 Å². The molecule has 1 atom stereocenters. The molecule has 0 bridgehead atoms. The Morgan fingerprint density at radius 3 is 2.94 bits per heavy atom. The molecule has 178 valence electrons. The maximum atomic E-state index is 13.9. The highest BCUT2D eigenvalue weighted by molar-refractivity contribution is 8.04. The van der Waals surface area contributed by atoms with Crippen LogP contribution in [0.2, 0.25) is 0 Å². The number of amidine groups is 1. The lowest BCUT2D eigenvalue weighted by molar-refractivity contribution is -0.00804.